The fourth-order valence-electron chi connectivity index (χ4n) is 2.80. The summed E-state index contributed by atoms with van der Waals surface area (Å²) in [6.45, 7) is 3.39. The van der Waals surface area contributed by atoms with Crippen molar-refractivity contribution < 1.29 is 52.8 Å². The maximum atomic E-state index is 11.7. The van der Waals surface area contributed by atoms with Gasteiger partial charge in [-0.15, -0.1) is 11.8 Å². The molecule has 0 saturated carbocycles. The van der Waals surface area contributed by atoms with Gasteiger partial charge in [-0.2, -0.15) is 0 Å². The number of thioether (sulfide) groups is 1. The van der Waals surface area contributed by atoms with Crippen molar-refractivity contribution in [3.63, 3.8) is 0 Å². The predicted molar refractivity (Wildman–Crippen MR) is 109 cm³/mol. The zero-order valence-corrected chi connectivity index (χ0v) is 19.2. The maximum absolute atomic E-state index is 11.7. The van der Waals surface area contributed by atoms with Crippen LogP contribution >= 0.6 is 11.8 Å². The highest BCUT2D eigenvalue weighted by Crippen LogP contribution is 2.32. The van der Waals surface area contributed by atoms with Crippen LogP contribution in [-0.2, 0) is 47.7 Å². The summed E-state index contributed by atoms with van der Waals surface area (Å²) in [5.74, 6) is -2.54. The van der Waals surface area contributed by atoms with Crippen molar-refractivity contribution in [2.75, 3.05) is 26.0 Å². The van der Waals surface area contributed by atoms with Crippen LogP contribution in [-0.4, -0.2) is 90.8 Å². The summed E-state index contributed by atoms with van der Waals surface area (Å²) in [6, 6.07) is 0. The lowest BCUT2D eigenvalue weighted by atomic mass is 9.99. The fourth-order valence-corrected chi connectivity index (χ4v) is 3.82. The Morgan fingerprint density at radius 3 is 2.16 bits per heavy atom. The van der Waals surface area contributed by atoms with Crippen LogP contribution in [0.2, 0.25) is 0 Å². The lowest BCUT2D eigenvalue weighted by Crippen LogP contribution is -2.60. The van der Waals surface area contributed by atoms with E-state index in [2.05, 4.69) is 10.1 Å². The fraction of sp³-hybridized carbons (Fsp3) is 0.737. The van der Waals surface area contributed by atoms with Gasteiger partial charge in [-0.3, -0.25) is 24.0 Å². The third kappa shape index (κ3) is 9.83. The van der Waals surface area contributed by atoms with E-state index < -0.39 is 53.7 Å². The number of esters is 4. The SMILES string of the molecule is COC(=O)CCC(=O)NCCSC1OC(COC(C)=O)C(OC(C)=O)C(OC(C)=O)C1O. The molecule has 1 rings (SSSR count). The summed E-state index contributed by atoms with van der Waals surface area (Å²) in [5.41, 5.74) is -0.932. The third-order valence-electron chi connectivity index (χ3n) is 4.16. The van der Waals surface area contributed by atoms with Crippen LogP contribution < -0.4 is 5.32 Å². The minimum atomic E-state index is -1.36. The Bertz CT molecular complexity index is 686. The first-order valence-corrected chi connectivity index (χ1v) is 10.9. The van der Waals surface area contributed by atoms with Crippen molar-refractivity contribution in [1.29, 1.82) is 0 Å². The standard InChI is InChI=1S/C19H29NO11S/c1-10(21)28-9-13-17(29-11(2)22)18(30-12(3)23)16(26)19(31-13)32-8-7-20-14(24)5-6-15(25)27-4/h13,16-19,26H,5-9H2,1-4H3,(H,20,24). The molecule has 0 aromatic rings. The Kier molecular flexibility index (Phi) is 12.0. The molecule has 0 bridgehead atoms. The van der Waals surface area contributed by atoms with Crippen LogP contribution in [0.15, 0.2) is 0 Å². The Balaban J connectivity index is 2.75. The summed E-state index contributed by atoms with van der Waals surface area (Å²) < 4.78 is 25.6. The Morgan fingerprint density at radius 2 is 1.59 bits per heavy atom. The Morgan fingerprint density at radius 1 is 0.969 bits per heavy atom. The first kappa shape index (κ1) is 27.7. The highest BCUT2D eigenvalue weighted by molar-refractivity contribution is 7.99. The highest BCUT2D eigenvalue weighted by atomic mass is 32.2. The van der Waals surface area contributed by atoms with E-state index in [9.17, 15) is 29.1 Å². The van der Waals surface area contributed by atoms with Gasteiger partial charge in [0.1, 0.15) is 24.3 Å². The molecule has 1 heterocycles. The molecule has 1 saturated heterocycles. The van der Waals surface area contributed by atoms with Crippen LogP contribution in [0.3, 0.4) is 0 Å². The summed E-state index contributed by atoms with van der Waals surface area (Å²) in [4.78, 5) is 57.1. The zero-order chi connectivity index (χ0) is 24.3. The predicted octanol–water partition coefficient (Wildman–Crippen LogP) is -0.699. The second-order valence-corrected chi connectivity index (χ2v) is 7.99. The topological polar surface area (TPSA) is 164 Å². The van der Waals surface area contributed by atoms with E-state index >= 15 is 0 Å². The Labute approximate surface area is 189 Å². The summed E-state index contributed by atoms with van der Waals surface area (Å²) in [7, 11) is 1.23. The number of hydrogen-bond acceptors (Lipinski definition) is 12. The number of aliphatic hydroxyl groups excluding tert-OH is 1. The molecule has 13 heteroatoms. The molecule has 2 N–H and O–H groups in total. The van der Waals surface area contributed by atoms with Gasteiger partial charge in [-0.05, 0) is 0 Å². The normalized spacial score (nSPS) is 24.7. The van der Waals surface area contributed by atoms with Crippen molar-refractivity contribution in [1.82, 2.24) is 5.32 Å². The van der Waals surface area contributed by atoms with Gasteiger partial charge in [-0.1, -0.05) is 0 Å². The van der Waals surface area contributed by atoms with Crippen LogP contribution in [0, 0.1) is 0 Å². The number of rotatable bonds is 11. The van der Waals surface area contributed by atoms with Crippen molar-refractivity contribution in [3.8, 4) is 0 Å². The van der Waals surface area contributed by atoms with E-state index in [0.717, 1.165) is 25.6 Å². The zero-order valence-electron chi connectivity index (χ0n) is 18.4. The lowest BCUT2D eigenvalue weighted by Gasteiger charge is -2.42. The van der Waals surface area contributed by atoms with Gasteiger partial charge >= 0.3 is 23.9 Å². The molecule has 0 radical (unpaired) electrons. The van der Waals surface area contributed by atoms with Gasteiger partial charge in [0.05, 0.1) is 13.5 Å². The van der Waals surface area contributed by atoms with Crippen molar-refractivity contribution >= 4 is 41.5 Å². The molecule has 0 aliphatic carbocycles. The third-order valence-corrected chi connectivity index (χ3v) is 5.32. The minimum absolute atomic E-state index is 0.0249. The largest absolute Gasteiger partial charge is 0.469 e. The Hall–Kier alpha value is -2.38. The first-order chi connectivity index (χ1) is 15.0. The molecule has 182 valence electrons. The van der Waals surface area contributed by atoms with Gasteiger partial charge in [0.2, 0.25) is 5.91 Å². The lowest BCUT2D eigenvalue weighted by molar-refractivity contribution is -0.231. The highest BCUT2D eigenvalue weighted by Gasteiger charge is 2.49. The number of nitrogens with one attached hydrogen (secondary N) is 1. The average Bonchev–Trinajstić information content (AvgIpc) is 2.71. The van der Waals surface area contributed by atoms with Crippen molar-refractivity contribution in [2.45, 2.75) is 63.5 Å². The van der Waals surface area contributed by atoms with Gasteiger partial charge in [0.15, 0.2) is 12.2 Å². The molecule has 0 spiro atoms. The number of ether oxygens (including phenoxy) is 5. The van der Waals surface area contributed by atoms with Crippen LogP contribution in [0.4, 0.5) is 0 Å². The molecular weight excluding hydrogens is 450 g/mol. The quantitative estimate of drug-likeness (QED) is 0.218. The number of amides is 1. The van der Waals surface area contributed by atoms with Gasteiger partial charge < -0.3 is 34.1 Å². The van der Waals surface area contributed by atoms with E-state index in [0.29, 0.717) is 5.75 Å². The summed E-state index contributed by atoms with van der Waals surface area (Å²) in [6.07, 6.45) is -4.87. The minimum Gasteiger partial charge on any atom is -0.469 e. The molecule has 12 nitrogen and oxygen atoms in total. The van der Waals surface area contributed by atoms with Crippen molar-refractivity contribution in [3.05, 3.63) is 0 Å². The van der Waals surface area contributed by atoms with E-state index in [-0.39, 0.29) is 31.9 Å². The number of aliphatic hydroxyl groups is 1. The second-order valence-electron chi connectivity index (χ2n) is 6.78. The monoisotopic (exact) mass is 479 g/mol. The molecule has 5 atom stereocenters. The molecule has 1 aliphatic heterocycles. The number of carbonyl (C=O) groups excluding carboxylic acids is 5. The average molecular weight is 480 g/mol. The number of methoxy groups -OCH3 is 1. The molecule has 1 amide bonds. The van der Waals surface area contributed by atoms with Gasteiger partial charge in [0.25, 0.3) is 0 Å². The van der Waals surface area contributed by atoms with Crippen LogP contribution in [0.25, 0.3) is 0 Å². The van der Waals surface area contributed by atoms with E-state index in [1.807, 2.05) is 0 Å². The molecule has 1 aliphatic rings. The molecule has 0 aromatic heterocycles. The molecule has 0 aromatic carbocycles. The maximum Gasteiger partial charge on any atom is 0.306 e. The van der Waals surface area contributed by atoms with Crippen molar-refractivity contribution in [2.24, 2.45) is 0 Å². The first-order valence-electron chi connectivity index (χ1n) is 9.81. The van der Waals surface area contributed by atoms with Crippen LogP contribution in [0.5, 0.6) is 0 Å². The molecular formula is C19H29NO11S. The number of carbonyl (C=O) groups is 5. The van der Waals surface area contributed by atoms with E-state index in [1.165, 1.54) is 14.0 Å². The second kappa shape index (κ2) is 13.9. The van der Waals surface area contributed by atoms with Gasteiger partial charge in [-0.25, -0.2) is 0 Å². The van der Waals surface area contributed by atoms with E-state index in [1.54, 1.807) is 0 Å². The smallest absolute Gasteiger partial charge is 0.306 e. The molecule has 1 fully saturated rings. The van der Waals surface area contributed by atoms with E-state index in [4.69, 9.17) is 18.9 Å². The number of hydrogen-bond donors (Lipinski definition) is 2. The summed E-state index contributed by atoms with van der Waals surface area (Å²) in [5, 5.41) is 13.3. The van der Waals surface area contributed by atoms with Gasteiger partial charge in [0, 0.05) is 39.5 Å². The molecule has 32 heavy (non-hydrogen) atoms. The molecule has 5 unspecified atom stereocenters. The summed E-state index contributed by atoms with van der Waals surface area (Å²) >= 11 is 1.12. The van der Waals surface area contributed by atoms with Crippen LogP contribution in [0.1, 0.15) is 33.6 Å².